The zero-order chi connectivity index (χ0) is 8.97. The molecule has 1 aliphatic heterocycles. The molecule has 78 valence electrons. The van der Waals surface area contributed by atoms with Crippen molar-refractivity contribution in [3.63, 3.8) is 0 Å². The Morgan fingerprint density at radius 3 is 2.85 bits per heavy atom. The van der Waals surface area contributed by atoms with Crippen LogP contribution in [0.15, 0.2) is 0 Å². The first-order valence-electron chi connectivity index (χ1n) is 4.27. The number of esters is 1. The number of hydrogen-bond donors (Lipinski definition) is 1. The van der Waals surface area contributed by atoms with Gasteiger partial charge in [0.15, 0.2) is 6.79 Å². The van der Waals surface area contributed by atoms with Crippen LogP contribution in [0.2, 0.25) is 0 Å². The second kappa shape index (κ2) is 6.18. The van der Waals surface area contributed by atoms with Gasteiger partial charge in [0.2, 0.25) is 0 Å². The van der Waals surface area contributed by atoms with E-state index in [1.807, 2.05) is 0 Å². The lowest BCUT2D eigenvalue weighted by atomic mass is 10.1. The van der Waals surface area contributed by atoms with Crippen LogP contribution in [0.25, 0.3) is 0 Å². The van der Waals surface area contributed by atoms with E-state index >= 15 is 0 Å². The Morgan fingerprint density at radius 1 is 1.69 bits per heavy atom. The predicted molar refractivity (Wildman–Crippen MR) is 50.6 cm³/mol. The molecule has 0 bridgehead atoms. The first-order valence-corrected chi connectivity index (χ1v) is 4.27. The van der Waals surface area contributed by atoms with Crippen molar-refractivity contribution in [3.05, 3.63) is 0 Å². The molecule has 1 atom stereocenters. The van der Waals surface area contributed by atoms with Crippen LogP contribution in [-0.4, -0.2) is 42.4 Å². The maximum atomic E-state index is 11.1. The van der Waals surface area contributed by atoms with Gasteiger partial charge >= 0.3 is 5.97 Å². The largest absolute Gasteiger partial charge is 0.438 e. The van der Waals surface area contributed by atoms with E-state index in [0.29, 0.717) is 0 Å². The smallest absolute Gasteiger partial charge is 0.312 e. The summed E-state index contributed by atoms with van der Waals surface area (Å²) in [5.74, 6) is -0.300. The zero-order valence-electron chi connectivity index (χ0n) is 7.73. The highest BCUT2D eigenvalue weighted by Gasteiger charge is 2.28. The summed E-state index contributed by atoms with van der Waals surface area (Å²) in [4.78, 5) is 13.3. The molecule has 1 unspecified atom stereocenters. The number of halogens is 1. The van der Waals surface area contributed by atoms with Crippen molar-refractivity contribution in [1.82, 2.24) is 4.90 Å². The highest BCUT2D eigenvalue weighted by atomic mass is 35.5. The lowest BCUT2D eigenvalue weighted by Crippen LogP contribution is -2.24. The van der Waals surface area contributed by atoms with Crippen LogP contribution in [0.4, 0.5) is 0 Å². The van der Waals surface area contributed by atoms with E-state index in [4.69, 9.17) is 5.11 Å². The van der Waals surface area contributed by atoms with Crippen LogP contribution in [-0.2, 0) is 9.53 Å². The van der Waals surface area contributed by atoms with Crippen LogP contribution >= 0.6 is 12.4 Å². The van der Waals surface area contributed by atoms with E-state index in [9.17, 15) is 4.79 Å². The summed E-state index contributed by atoms with van der Waals surface area (Å²) in [5, 5.41) is 8.36. The third kappa shape index (κ3) is 3.50. The van der Waals surface area contributed by atoms with E-state index in [-0.39, 0.29) is 24.3 Å². The van der Waals surface area contributed by atoms with Gasteiger partial charge in [0.1, 0.15) is 0 Å². The molecule has 1 saturated heterocycles. The molecule has 0 aromatic rings. The average molecular weight is 210 g/mol. The number of rotatable bonds is 3. The van der Waals surface area contributed by atoms with Crippen molar-refractivity contribution in [3.8, 4) is 0 Å². The third-order valence-corrected chi connectivity index (χ3v) is 2.26. The Balaban J connectivity index is 0.00000144. The number of ether oxygens (including phenoxy) is 1. The molecule has 0 aromatic carbocycles. The number of carbonyl (C=O) groups excluding carboxylic acids is 1. The molecule has 1 fully saturated rings. The molecule has 0 amide bonds. The molecular formula is C8H16ClNO3. The van der Waals surface area contributed by atoms with Crippen LogP contribution in [0.5, 0.6) is 0 Å². The van der Waals surface area contributed by atoms with Gasteiger partial charge in [0, 0.05) is 6.54 Å². The third-order valence-electron chi connectivity index (χ3n) is 2.26. The number of hydrogen-bond acceptors (Lipinski definition) is 4. The number of nitrogens with zero attached hydrogens (tertiary/aromatic N) is 1. The first kappa shape index (κ1) is 12.7. The highest BCUT2D eigenvalue weighted by Crippen LogP contribution is 2.16. The molecule has 13 heavy (non-hydrogen) atoms. The topological polar surface area (TPSA) is 49.8 Å². The van der Waals surface area contributed by atoms with Crippen LogP contribution in [0.1, 0.15) is 13.3 Å². The Bertz CT molecular complexity index is 165. The van der Waals surface area contributed by atoms with Gasteiger partial charge in [-0.1, -0.05) is 6.92 Å². The second-order valence-corrected chi connectivity index (χ2v) is 2.97. The lowest BCUT2D eigenvalue weighted by molar-refractivity contribution is -0.156. The van der Waals surface area contributed by atoms with E-state index in [1.54, 1.807) is 0 Å². The lowest BCUT2D eigenvalue weighted by Gasteiger charge is -2.11. The monoisotopic (exact) mass is 209 g/mol. The molecule has 0 aliphatic carbocycles. The fourth-order valence-corrected chi connectivity index (χ4v) is 1.49. The van der Waals surface area contributed by atoms with Crippen molar-refractivity contribution in [2.24, 2.45) is 5.92 Å². The highest BCUT2D eigenvalue weighted by molar-refractivity contribution is 5.85. The molecule has 4 nitrogen and oxygen atoms in total. The molecular weight excluding hydrogens is 194 g/mol. The second-order valence-electron chi connectivity index (χ2n) is 2.97. The fraction of sp³-hybridized carbons (Fsp3) is 0.875. The van der Waals surface area contributed by atoms with Gasteiger partial charge < -0.3 is 14.7 Å². The van der Waals surface area contributed by atoms with Crippen LogP contribution in [0, 0.1) is 5.92 Å². The zero-order valence-corrected chi connectivity index (χ0v) is 8.55. The minimum atomic E-state index is -0.499. The average Bonchev–Trinajstić information content (AvgIpc) is 2.52. The molecule has 1 N–H and O–H groups in total. The normalized spacial score (nSPS) is 22.5. The fourth-order valence-electron chi connectivity index (χ4n) is 1.49. The Hall–Kier alpha value is -0.320. The SMILES string of the molecule is CCN1CCC(C(=O)OCO)C1.Cl. The van der Waals surface area contributed by atoms with Gasteiger partial charge in [-0.3, -0.25) is 4.79 Å². The van der Waals surface area contributed by atoms with Crippen LogP contribution in [0.3, 0.4) is 0 Å². The number of aliphatic hydroxyl groups is 1. The first-order chi connectivity index (χ1) is 5.77. The van der Waals surface area contributed by atoms with Gasteiger partial charge in [0.25, 0.3) is 0 Å². The van der Waals surface area contributed by atoms with Crippen molar-refractivity contribution in [2.75, 3.05) is 26.4 Å². The van der Waals surface area contributed by atoms with Gasteiger partial charge in [-0.05, 0) is 19.5 Å². The molecule has 5 heteroatoms. The summed E-state index contributed by atoms with van der Waals surface area (Å²) in [5.41, 5.74) is 0. The molecule has 0 aromatic heterocycles. The van der Waals surface area contributed by atoms with Crippen molar-refractivity contribution < 1.29 is 14.6 Å². The summed E-state index contributed by atoms with van der Waals surface area (Å²) in [6.07, 6.45) is 0.854. The Labute approximate surface area is 84.3 Å². The minimum Gasteiger partial charge on any atom is -0.438 e. The number of aliphatic hydroxyl groups excluding tert-OH is 1. The van der Waals surface area contributed by atoms with Crippen molar-refractivity contribution in [1.29, 1.82) is 0 Å². The minimum absolute atomic E-state index is 0. The van der Waals surface area contributed by atoms with Gasteiger partial charge in [-0.25, -0.2) is 0 Å². The van der Waals surface area contributed by atoms with Crippen LogP contribution < -0.4 is 0 Å². The number of carbonyl (C=O) groups is 1. The Morgan fingerprint density at radius 2 is 2.38 bits per heavy atom. The van der Waals surface area contributed by atoms with E-state index in [2.05, 4.69) is 16.6 Å². The van der Waals surface area contributed by atoms with Gasteiger partial charge in [-0.15, -0.1) is 12.4 Å². The van der Waals surface area contributed by atoms with E-state index in [0.717, 1.165) is 26.1 Å². The molecule has 1 aliphatic rings. The molecule has 1 rings (SSSR count). The summed E-state index contributed by atoms with van der Waals surface area (Å²) in [6, 6.07) is 0. The standard InChI is InChI=1S/C8H15NO3.ClH/c1-2-9-4-3-7(5-9)8(11)12-6-10;/h7,10H,2-6H2,1H3;1H. The maximum Gasteiger partial charge on any atom is 0.312 e. The number of likely N-dealkylation sites (tertiary alicyclic amines) is 1. The van der Waals surface area contributed by atoms with E-state index in [1.165, 1.54) is 0 Å². The molecule has 1 heterocycles. The van der Waals surface area contributed by atoms with Gasteiger partial charge in [0.05, 0.1) is 5.92 Å². The van der Waals surface area contributed by atoms with Crippen molar-refractivity contribution in [2.45, 2.75) is 13.3 Å². The summed E-state index contributed by atoms with van der Waals surface area (Å²) in [6.45, 7) is 4.28. The van der Waals surface area contributed by atoms with E-state index < -0.39 is 6.79 Å². The quantitative estimate of drug-likeness (QED) is 0.535. The summed E-state index contributed by atoms with van der Waals surface area (Å²) in [7, 11) is 0. The predicted octanol–water partition coefficient (Wildman–Crippen LogP) is 0.243. The summed E-state index contributed by atoms with van der Waals surface area (Å²) < 4.78 is 4.51. The molecule has 0 spiro atoms. The van der Waals surface area contributed by atoms with Crippen molar-refractivity contribution >= 4 is 18.4 Å². The summed E-state index contributed by atoms with van der Waals surface area (Å²) >= 11 is 0. The molecule has 0 radical (unpaired) electrons. The maximum absolute atomic E-state index is 11.1. The molecule has 0 saturated carbocycles. The Kier molecular flexibility index (Phi) is 6.03. The van der Waals surface area contributed by atoms with Gasteiger partial charge in [-0.2, -0.15) is 0 Å².